The van der Waals surface area contributed by atoms with Crippen LogP contribution < -0.4 is 68.1 Å². The smallest absolute Gasteiger partial charge is 0.326 e. The lowest BCUT2D eigenvalue weighted by molar-refractivity contribution is -0.438. The summed E-state index contributed by atoms with van der Waals surface area (Å²) in [4.78, 5) is 162. The Kier molecular flexibility index (Phi) is 25.9. The number of imide groups is 1. The second kappa shape index (κ2) is 30.2. The van der Waals surface area contributed by atoms with Crippen molar-refractivity contribution in [2.75, 3.05) is 19.8 Å². The molecule has 0 saturated carbocycles. The molecule has 18 atom stereocenters. The zero-order valence-electron chi connectivity index (χ0n) is 43.2. The van der Waals surface area contributed by atoms with Crippen molar-refractivity contribution in [1.82, 2.24) is 42.1 Å². The number of phosphoric ester groups is 2. The monoisotopic (exact) mass is 1190 g/mol. The second-order valence-corrected chi connectivity index (χ2v) is 21.3. The molecule has 2 unspecified atom stereocenters. The standard InChI is InChI=1S/C41H67N9O28P2/c1-15(32(58)45-17(3)37(62)63)44-35(61)21(8-6-7-20(42)38(64)65)47-25(53)10-9-22(39(66)67)48-33(59)16(2)43-34(60)18(4)74-31-27(46-19(5)52)40(76-23(13-51)29(31)56)77-80(71,72)78-79(69,70)73-14-24-28(55)30(57)36(75-24)50-12-11-26(54)49-41(50)68/h15-18,20-24,27-31,36,40,51,55-57H,6-14,42H2,1-5H3,(H,43,60)(H,44,61)(H,45,58)(H,46,52)(H,47,53)(H,48,59)(H,62,63)(H,64,65)(H,66,67)(H,69,70)(H,71,72)(H,49,54,68)/p-4/t15-,16+,17-,18-,20-,21+,22-,23-,24-,27-,28-,29-,30-,31-,36-,40-/m1/s1. The van der Waals surface area contributed by atoms with E-state index in [2.05, 4.69) is 41.2 Å². The predicted molar refractivity (Wildman–Crippen MR) is 244 cm³/mol. The van der Waals surface area contributed by atoms with E-state index >= 15 is 0 Å². The molecule has 9 amide bonds. The zero-order valence-corrected chi connectivity index (χ0v) is 45.0. The van der Waals surface area contributed by atoms with Gasteiger partial charge >= 0.3 is 6.03 Å². The van der Waals surface area contributed by atoms with Gasteiger partial charge in [0.05, 0.1) is 43.2 Å². The number of ether oxygens (including phenoxy) is 3. The van der Waals surface area contributed by atoms with Crippen molar-refractivity contribution in [2.45, 2.75) is 171 Å². The van der Waals surface area contributed by atoms with E-state index in [0.717, 1.165) is 32.6 Å². The van der Waals surface area contributed by atoms with E-state index in [9.17, 15) is 107 Å². The predicted octanol–water partition coefficient (Wildman–Crippen LogP) is -13.0. The molecule has 0 aliphatic carbocycles. The van der Waals surface area contributed by atoms with Crippen molar-refractivity contribution in [3.8, 4) is 0 Å². The van der Waals surface area contributed by atoms with Gasteiger partial charge in [-0.3, -0.25) is 57.4 Å². The van der Waals surface area contributed by atoms with Crippen LogP contribution in [-0.4, -0.2) is 208 Å². The minimum atomic E-state index is -6.28. The van der Waals surface area contributed by atoms with Crippen molar-refractivity contribution >= 4 is 80.9 Å². The molecule has 3 rings (SSSR count). The number of aliphatic carboxylic acids is 3. The molecule has 3 saturated heterocycles. The van der Waals surface area contributed by atoms with Gasteiger partial charge in [0.15, 0.2) is 12.5 Å². The molecule has 3 aliphatic rings. The molecule has 0 aromatic carbocycles. The van der Waals surface area contributed by atoms with Gasteiger partial charge in [-0.15, -0.1) is 0 Å². The fourth-order valence-corrected chi connectivity index (χ4v) is 9.71. The normalized spacial score (nSPS) is 27.1. The van der Waals surface area contributed by atoms with Gasteiger partial charge in [0, 0.05) is 32.7 Å². The van der Waals surface area contributed by atoms with Crippen molar-refractivity contribution in [3.63, 3.8) is 0 Å². The first-order valence-corrected chi connectivity index (χ1v) is 27.1. The molecule has 0 aromatic heterocycles. The van der Waals surface area contributed by atoms with Gasteiger partial charge in [-0.1, -0.05) is 0 Å². The van der Waals surface area contributed by atoms with Crippen LogP contribution in [0, 0.1) is 0 Å². The molecule has 3 fully saturated rings. The van der Waals surface area contributed by atoms with Crippen LogP contribution in [0.3, 0.4) is 0 Å². The third-order valence-electron chi connectivity index (χ3n) is 12.0. The highest BCUT2D eigenvalue weighted by Crippen LogP contribution is 2.57. The average Bonchev–Trinajstić information content (AvgIpc) is 3.63. The van der Waals surface area contributed by atoms with Gasteiger partial charge in [-0.2, -0.15) is 0 Å². The Balaban J connectivity index is 1.65. The summed E-state index contributed by atoms with van der Waals surface area (Å²) in [5, 5.41) is 91.1. The number of quaternary nitrogens is 1. The van der Waals surface area contributed by atoms with E-state index in [1.807, 2.05) is 10.6 Å². The third kappa shape index (κ3) is 20.6. The van der Waals surface area contributed by atoms with Gasteiger partial charge in [0.25, 0.3) is 15.6 Å². The average molecular weight is 1190 g/mol. The molecule has 80 heavy (non-hydrogen) atoms. The van der Waals surface area contributed by atoms with Crippen LogP contribution in [-0.2, 0) is 84.6 Å². The summed E-state index contributed by atoms with van der Waals surface area (Å²) in [6.45, 7) is 2.51. The largest absolute Gasteiger partial charge is 0.756 e. The zero-order chi connectivity index (χ0) is 60.7. The van der Waals surface area contributed by atoms with E-state index in [0.29, 0.717) is 0 Å². The number of carbonyl (C=O) groups excluding carboxylic acids is 11. The number of aliphatic hydroxyl groups is 4. The van der Waals surface area contributed by atoms with Gasteiger partial charge in [0.1, 0.15) is 72.9 Å². The lowest BCUT2D eigenvalue weighted by Crippen LogP contribution is -2.68. The molecule has 0 aromatic rings. The van der Waals surface area contributed by atoms with Gasteiger partial charge in [0.2, 0.25) is 41.4 Å². The van der Waals surface area contributed by atoms with Crippen molar-refractivity contribution in [3.05, 3.63) is 0 Å². The van der Waals surface area contributed by atoms with E-state index < -0.39 is 205 Å². The van der Waals surface area contributed by atoms with Crippen LogP contribution in [0.1, 0.15) is 73.1 Å². The molecule has 3 aliphatic heterocycles. The van der Waals surface area contributed by atoms with Gasteiger partial charge in [-0.05, 0) is 47.0 Å². The Morgan fingerprint density at radius 3 is 1.91 bits per heavy atom. The van der Waals surface area contributed by atoms with E-state index in [-0.39, 0.29) is 32.2 Å². The third-order valence-corrected chi connectivity index (χ3v) is 14.6. The maximum atomic E-state index is 13.4. The number of hydrogen-bond acceptors (Lipinski definition) is 28. The minimum absolute atomic E-state index is 0.0531. The van der Waals surface area contributed by atoms with Crippen LogP contribution in [0.2, 0.25) is 0 Å². The van der Waals surface area contributed by atoms with Crippen LogP contribution in [0.5, 0.6) is 0 Å². The number of hydrogen-bond donors (Lipinski definition) is 12. The number of carbonyl (C=O) groups is 11. The van der Waals surface area contributed by atoms with Crippen LogP contribution in [0.15, 0.2) is 0 Å². The van der Waals surface area contributed by atoms with Gasteiger partial charge < -0.3 is 116 Å². The first kappa shape index (κ1) is 68.4. The SMILES string of the molecule is CC(=O)N[C@H]1[C@@H](OP(=O)([O-])OP(=O)([O-])OC[C@H]2O[C@@H](N3CCC(=O)NC3=O)[C@H](O)[C@@H]2O)O[C@H](CO)[C@@H](O)[C@@H]1O[C@H](C)C(=O)N[C@@H](C)C(=O)N[C@H](CCC(=O)N[C@@H](CCC[C@@H]([NH3+])C(=O)[O-])C(=O)N[C@H](C)C(=O)N[C@H](C)C(=O)[O-])C(=O)[O-]. The second-order valence-electron chi connectivity index (χ2n) is 18.4. The minimum Gasteiger partial charge on any atom is -0.756 e. The number of nitrogens with zero attached hydrogens (tertiary/aromatic N) is 1. The summed E-state index contributed by atoms with van der Waals surface area (Å²) >= 11 is 0. The summed E-state index contributed by atoms with van der Waals surface area (Å²) in [6.07, 6.45) is -19.5. The van der Waals surface area contributed by atoms with Gasteiger partial charge in [-0.25, -0.2) is 9.11 Å². The lowest BCUT2D eigenvalue weighted by atomic mass is 9.96. The van der Waals surface area contributed by atoms with Crippen LogP contribution in [0.25, 0.3) is 0 Å². The summed E-state index contributed by atoms with van der Waals surface area (Å²) in [6, 6.07) is -12.2. The number of phosphoric acid groups is 2. The molecule has 454 valence electrons. The number of carboxylic acids is 3. The Morgan fingerprint density at radius 1 is 0.750 bits per heavy atom. The van der Waals surface area contributed by atoms with Crippen molar-refractivity contribution in [1.29, 1.82) is 0 Å². The molecule has 0 radical (unpaired) electrons. The lowest BCUT2D eigenvalue weighted by Gasteiger charge is -2.46. The molecule has 37 nitrogen and oxygen atoms in total. The number of carboxylic acid groups (broad SMARTS) is 3. The topological polar surface area (TPSA) is 589 Å². The summed E-state index contributed by atoms with van der Waals surface area (Å²) in [7, 11) is -12.4. The Morgan fingerprint density at radius 2 is 1.35 bits per heavy atom. The van der Waals surface area contributed by atoms with Crippen LogP contribution >= 0.6 is 15.6 Å². The molecule has 39 heteroatoms. The molecular weight excluding hydrogens is 1130 g/mol. The molecule has 0 spiro atoms. The summed E-state index contributed by atoms with van der Waals surface area (Å²) in [5.41, 5.74) is 3.39. The Hall–Kier alpha value is -5.89. The highest BCUT2D eigenvalue weighted by molar-refractivity contribution is 7.59. The maximum Gasteiger partial charge on any atom is 0.326 e. The van der Waals surface area contributed by atoms with E-state index in [4.69, 9.17) is 18.7 Å². The molecule has 14 N–H and O–H groups in total. The van der Waals surface area contributed by atoms with Crippen molar-refractivity contribution < 1.29 is 141 Å². The number of amides is 9. The Bertz CT molecular complexity index is 2390. The summed E-state index contributed by atoms with van der Waals surface area (Å²) < 4.78 is 55.5. The first-order valence-electron chi connectivity index (χ1n) is 24.2. The van der Waals surface area contributed by atoms with Crippen LogP contribution in [0.4, 0.5) is 4.79 Å². The number of urea groups is 1. The highest BCUT2D eigenvalue weighted by atomic mass is 31.3. The Labute approximate surface area is 453 Å². The molecule has 0 bridgehead atoms. The summed E-state index contributed by atoms with van der Waals surface area (Å²) in [5.74, 6) is -12.1. The van der Waals surface area contributed by atoms with E-state index in [1.54, 1.807) is 0 Å². The highest BCUT2D eigenvalue weighted by Gasteiger charge is 2.51. The fourth-order valence-electron chi connectivity index (χ4n) is 7.62. The fraction of sp³-hybridized carbons (Fsp3) is 0.732. The number of nitrogens with one attached hydrogen (secondary N) is 7. The number of rotatable bonds is 31. The quantitative estimate of drug-likeness (QED) is 0.0287. The van der Waals surface area contributed by atoms with Crippen molar-refractivity contribution in [2.24, 2.45) is 0 Å². The number of aliphatic hydroxyl groups excluding tert-OH is 4. The molecule has 3 heterocycles. The molecular formula is C41H63N9O28P2-4. The van der Waals surface area contributed by atoms with E-state index in [1.165, 1.54) is 6.92 Å². The first-order chi connectivity index (χ1) is 37.1. The maximum absolute atomic E-state index is 13.4.